The first-order valence-corrected chi connectivity index (χ1v) is 14.0. The van der Waals surface area contributed by atoms with Gasteiger partial charge in [0.15, 0.2) is 9.84 Å². The van der Waals surface area contributed by atoms with Gasteiger partial charge >= 0.3 is 12.4 Å². The SMILES string of the molecule is CC(C)S(=O)(=O)c1cc(C(F)(F)F)cnc1C(=O)NCc1ccc(S(=O)(=O)c2cccc(C(F)(F)F)c2)cc1. The quantitative estimate of drug-likeness (QED) is 0.383. The van der Waals surface area contributed by atoms with Crippen molar-refractivity contribution in [2.75, 3.05) is 0 Å². The van der Waals surface area contributed by atoms with Crippen molar-refractivity contribution >= 4 is 25.6 Å². The summed E-state index contributed by atoms with van der Waals surface area (Å²) in [7, 11) is -8.65. The van der Waals surface area contributed by atoms with Gasteiger partial charge < -0.3 is 5.32 Å². The highest BCUT2D eigenvalue weighted by atomic mass is 32.2. The van der Waals surface area contributed by atoms with Gasteiger partial charge in [-0.3, -0.25) is 4.79 Å². The lowest BCUT2D eigenvalue weighted by molar-refractivity contribution is -0.138. The topological polar surface area (TPSA) is 110 Å². The highest BCUT2D eigenvalue weighted by Crippen LogP contribution is 2.33. The Morgan fingerprint density at radius 3 is 1.97 bits per heavy atom. The lowest BCUT2D eigenvalue weighted by Gasteiger charge is -2.15. The number of hydrogen-bond acceptors (Lipinski definition) is 6. The molecule has 0 unspecified atom stereocenters. The van der Waals surface area contributed by atoms with E-state index in [9.17, 15) is 48.0 Å². The number of nitrogens with zero attached hydrogens (tertiary/aromatic N) is 1. The largest absolute Gasteiger partial charge is 0.417 e. The summed E-state index contributed by atoms with van der Waals surface area (Å²) < 4.78 is 129. The van der Waals surface area contributed by atoms with Gasteiger partial charge in [-0.05, 0) is 55.8 Å². The van der Waals surface area contributed by atoms with Crippen molar-refractivity contribution in [2.45, 2.75) is 52.7 Å². The van der Waals surface area contributed by atoms with Gasteiger partial charge in [0.1, 0.15) is 5.69 Å². The van der Waals surface area contributed by atoms with Gasteiger partial charge in [0.25, 0.3) is 5.91 Å². The first-order valence-electron chi connectivity index (χ1n) is 11.0. The number of sulfone groups is 2. The number of halogens is 6. The molecule has 1 heterocycles. The molecule has 0 spiro atoms. The van der Waals surface area contributed by atoms with Crippen molar-refractivity contribution in [2.24, 2.45) is 0 Å². The molecule has 0 aliphatic carbocycles. The highest BCUT2D eigenvalue weighted by molar-refractivity contribution is 7.92. The Morgan fingerprint density at radius 2 is 1.44 bits per heavy atom. The van der Waals surface area contributed by atoms with Crippen LogP contribution in [0.3, 0.4) is 0 Å². The molecule has 7 nitrogen and oxygen atoms in total. The summed E-state index contributed by atoms with van der Waals surface area (Å²) in [5, 5.41) is 1.17. The molecule has 0 aliphatic rings. The number of hydrogen-bond donors (Lipinski definition) is 1. The molecule has 3 aromatic rings. The van der Waals surface area contributed by atoms with E-state index < -0.39 is 69.8 Å². The number of carbonyl (C=O) groups excluding carboxylic acids is 1. The normalized spacial score (nSPS) is 12.9. The molecule has 1 N–H and O–H groups in total. The Balaban J connectivity index is 1.84. The Bertz CT molecular complexity index is 1600. The number of benzene rings is 2. The van der Waals surface area contributed by atoms with Gasteiger partial charge in [-0.2, -0.15) is 26.3 Å². The van der Waals surface area contributed by atoms with Crippen LogP contribution in [0.4, 0.5) is 26.3 Å². The fraction of sp³-hybridized carbons (Fsp3) is 0.250. The van der Waals surface area contributed by atoms with Crippen molar-refractivity contribution in [1.29, 1.82) is 0 Å². The van der Waals surface area contributed by atoms with E-state index in [2.05, 4.69) is 10.3 Å². The highest BCUT2D eigenvalue weighted by Gasteiger charge is 2.36. The Morgan fingerprint density at radius 1 is 0.846 bits per heavy atom. The number of aromatic nitrogens is 1. The number of pyridine rings is 1. The van der Waals surface area contributed by atoms with Gasteiger partial charge in [0, 0.05) is 12.7 Å². The van der Waals surface area contributed by atoms with Crippen LogP contribution in [0.1, 0.15) is 41.0 Å². The van der Waals surface area contributed by atoms with Crippen LogP contribution < -0.4 is 5.32 Å². The van der Waals surface area contributed by atoms with Crippen LogP contribution in [0.15, 0.2) is 75.5 Å². The average molecular weight is 595 g/mol. The Hall–Kier alpha value is -3.46. The maximum atomic E-state index is 13.1. The fourth-order valence-electron chi connectivity index (χ4n) is 3.27. The van der Waals surface area contributed by atoms with E-state index in [1.54, 1.807) is 0 Å². The summed E-state index contributed by atoms with van der Waals surface area (Å²) in [4.78, 5) is 14.3. The lowest BCUT2D eigenvalue weighted by atomic mass is 10.2. The van der Waals surface area contributed by atoms with Crippen LogP contribution in [-0.2, 0) is 38.6 Å². The monoisotopic (exact) mass is 594 g/mol. The van der Waals surface area contributed by atoms with Crippen LogP contribution in [0.2, 0.25) is 0 Å². The molecule has 0 aliphatic heterocycles. The van der Waals surface area contributed by atoms with Crippen molar-refractivity contribution in [3.63, 3.8) is 0 Å². The standard InChI is InChI=1S/C24H20F6N2O5S2/c1-14(2)38(34,35)20-11-17(24(28,29)30)13-31-21(20)22(33)32-12-15-6-8-18(9-7-15)39(36,37)19-5-3-4-16(10-19)23(25,26)27/h3-11,13-14H,12H2,1-2H3,(H,32,33). The van der Waals surface area contributed by atoms with Gasteiger partial charge in [0.05, 0.1) is 31.1 Å². The summed E-state index contributed by atoms with van der Waals surface area (Å²) in [5.74, 6) is -1.09. The molecule has 1 aromatic heterocycles. The molecule has 0 saturated carbocycles. The zero-order valence-electron chi connectivity index (χ0n) is 20.1. The summed E-state index contributed by atoms with van der Waals surface area (Å²) in [6.07, 6.45) is -9.31. The molecule has 0 fully saturated rings. The minimum Gasteiger partial charge on any atom is -0.347 e. The smallest absolute Gasteiger partial charge is 0.347 e. The average Bonchev–Trinajstić information content (AvgIpc) is 2.86. The zero-order chi connectivity index (χ0) is 29.4. The van der Waals surface area contributed by atoms with Crippen molar-refractivity contribution < 1.29 is 48.0 Å². The molecule has 2 aromatic carbocycles. The number of alkyl halides is 6. The van der Waals surface area contributed by atoms with E-state index in [4.69, 9.17) is 0 Å². The van der Waals surface area contributed by atoms with Crippen LogP contribution >= 0.6 is 0 Å². The summed E-state index contributed by atoms with van der Waals surface area (Å²) in [6.45, 7) is 2.16. The van der Waals surface area contributed by atoms with Gasteiger partial charge in [-0.25, -0.2) is 21.8 Å². The molecule has 0 atom stereocenters. The van der Waals surface area contributed by atoms with Gasteiger partial charge in [0.2, 0.25) is 9.84 Å². The second kappa shape index (κ2) is 10.6. The third-order valence-corrected chi connectivity index (χ3v) is 9.41. The molecule has 0 saturated heterocycles. The van der Waals surface area contributed by atoms with Gasteiger partial charge in [-0.1, -0.05) is 18.2 Å². The minimum atomic E-state index is -4.90. The molecular formula is C24H20F6N2O5S2. The summed E-state index contributed by atoms with van der Waals surface area (Å²) >= 11 is 0. The Labute approximate surface area is 219 Å². The third kappa shape index (κ3) is 6.58. The molecule has 15 heteroatoms. The van der Waals surface area contributed by atoms with Crippen LogP contribution in [-0.4, -0.2) is 33.0 Å². The first kappa shape index (κ1) is 30.1. The number of amides is 1. The van der Waals surface area contributed by atoms with E-state index in [1.807, 2.05) is 0 Å². The molecule has 1 amide bonds. The molecule has 0 radical (unpaired) electrons. The maximum Gasteiger partial charge on any atom is 0.417 e. The minimum absolute atomic E-state index is 0.298. The summed E-state index contributed by atoms with van der Waals surface area (Å²) in [6, 6.07) is 8.26. The van der Waals surface area contributed by atoms with E-state index in [1.165, 1.54) is 26.0 Å². The second-order valence-electron chi connectivity index (χ2n) is 8.52. The van der Waals surface area contributed by atoms with E-state index in [0.29, 0.717) is 23.9 Å². The van der Waals surface area contributed by atoms with Crippen molar-refractivity contribution in [3.8, 4) is 0 Å². The maximum absolute atomic E-state index is 13.1. The molecule has 39 heavy (non-hydrogen) atoms. The van der Waals surface area contributed by atoms with Crippen LogP contribution in [0, 0.1) is 0 Å². The molecule has 0 bridgehead atoms. The predicted octanol–water partition coefficient (Wildman–Crippen LogP) is 5.06. The van der Waals surface area contributed by atoms with Gasteiger partial charge in [-0.15, -0.1) is 0 Å². The van der Waals surface area contributed by atoms with E-state index in [-0.39, 0.29) is 11.4 Å². The van der Waals surface area contributed by atoms with Crippen LogP contribution in [0.25, 0.3) is 0 Å². The number of nitrogens with one attached hydrogen (secondary N) is 1. The third-order valence-electron chi connectivity index (χ3n) is 5.48. The first-order chi connectivity index (χ1) is 17.8. The fourth-order valence-corrected chi connectivity index (χ4v) is 5.79. The van der Waals surface area contributed by atoms with Crippen LogP contribution in [0.5, 0.6) is 0 Å². The van der Waals surface area contributed by atoms with E-state index in [0.717, 1.165) is 30.3 Å². The molecule has 3 rings (SSSR count). The Kier molecular flexibility index (Phi) is 8.18. The van der Waals surface area contributed by atoms with Crippen molar-refractivity contribution in [1.82, 2.24) is 10.3 Å². The zero-order valence-corrected chi connectivity index (χ0v) is 21.8. The lowest BCUT2D eigenvalue weighted by Crippen LogP contribution is -2.28. The second-order valence-corrected chi connectivity index (χ2v) is 12.9. The number of rotatable bonds is 7. The number of carbonyl (C=O) groups is 1. The predicted molar refractivity (Wildman–Crippen MR) is 126 cm³/mol. The molecule has 210 valence electrons. The van der Waals surface area contributed by atoms with Crippen molar-refractivity contribution in [3.05, 3.63) is 83.2 Å². The summed E-state index contributed by atoms with van der Waals surface area (Å²) in [5.41, 5.74) is -2.94. The van der Waals surface area contributed by atoms with E-state index >= 15 is 0 Å². The molecular weight excluding hydrogens is 574 g/mol.